The molecule has 2 unspecified atom stereocenters. The molecule has 2 atom stereocenters. The fourth-order valence-electron chi connectivity index (χ4n) is 3.03. The zero-order valence-electron chi connectivity index (χ0n) is 15.0. The van der Waals surface area contributed by atoms with Crippen molar-refractivity contribution in [3.63, 3.8) is 0 Å². The fourth-order valence-corrected chi connectivity index (χ4v) is 3.55. The first kappa shape index (κ1) is 20.9. The highest BCUT2D eigenvalue weighted by Crippen LogP contribution is 2.27. The summed E-state index contributed by atoms with van der Waals surface area (Å²) >= 11 is 0. The van der Waals surface area contributed by atoms with Crippen LogP contribution in [0.5, 0.6) is 0 Å². The van der Waals surface area contributed by atoms with Crippen LogP contribution < -0.4 is 4.90 Å². The Morgan fingerprint density at radius 1 is 1.12 bits per heavy atom. The van der Waals surface area contributed by atoms with Gasteiger partial charge in [-0.1, -0.05) is 45.6 Å². The normalized spacial score (nSPS) is 14.4. The zero-order chi connectivity index (χ0) is 18.2. The predicted octanol–water partition coefficient (Wildman–Crippen LogP) is 3.87. The Hall–Kier alpha value is -1.11. The third kappa shape index (κ3) is 6.07. The molecule has 0 aliphatic heterocycles. The average molecular weight is 358 g/mol. The molecule has 1 aromatic rings. The Balaban J connectivity index is 3.20. The highest BCUT2D eigenvalue weighted by molar-refractivity contribution is 7.85. The van der Waals surface area contributed by atoms with E-state index in [4.69, 9.17) is 0 Å². The van der Waals surface area contributed by atoms with Crippen molar-refractivity contribution in [3.8, 4) is 0 Å². The van der Waals surface area contributed by atoms with Gasteiger partial charge in [0.05, 0.1) is 17.5 Å². The van der Waals surface area contributed by atoms with Crippen molar-refractivity contribution < 1.29 is 18.1 Å². The minimum Gasteiger partial charge on any atom is -0.394 e. The summed E-state index contributed by atoms with van der Waals surface area (Å²) in [5.41, 5.74) is 0.726. The molecule has 1 aromatic carbocycles. The third-order valence-electron chi connectivity index (χ3n) is 4.36. The number of aliphatic hydroxyl groups excluding tert-OH is 1. The molecule has 0 bridgehead atoms. The summed E-state index contributed by atoms with van der Waals surface area (Å²) in [5, 5.41) is 9.88. The maximum atomic E-state index is 11.4. The molecule has 2 N–H and O–H groups in total. The lowest BCUT2D eigenvalue weighted by molar-refractivity contribution is 0.243. The summed E-state index contributed by atoms with van der Waals surface area (Å²) in [6.45, 7) is 6.37. The predicted molar refractivity (Wildman–Crippen MR) is 98.1 cm³/mol. The van der Waals surface area contributed by atoms with Gasteiger partial charge in [-0.15, -0.1) is 0 Å². The van der Waals surface area contributed by atoms with Crippen molar-refractivity contribution in [3.05, 3.63) is 24.3 Å². The van der Waals surface area contributed by atoms with Gasteiger partial charge in [0, 0.05) is 11.7 Å². The summed E-state index contributed by atoms with van der Waals surface area (Å²) < 4.78 is 32.2. The van der Waals surface area contributed by atoms with Gasteiger partial charge in [-0.3, -0.25) is 4.55 Å². The molecular weight excluding hydrogens is 326 g/mol. The second-order valence-corrected chi connectivity index (χ2v) is 7.77. The van der Waals surface area contributed by atoms with Crippen LogP contribution in [0.1, 0.15) is 59.3 Å². The van der Waals surface area contributed by atoms with E-state index in [-0.39, 0.29) is 23.6 Å². The van der Waals surface area contributed by atoms with Crippen molar-refractivity contribution >= 4 is 15.8 Å². The highest BCUT2D eigenvalue weighted by Gasteiger charge is 2.24. The highest BCUT2D eigenvalue weighted by atomic mass is 32.2. The lowest BCUT2D eigenvalue weighted by Crippen LogP contribution is -2.44. The Bertz CT molecular complexity index is 588. The molecule has 0 aromatic heterocycles. The fraction of sp³-hybridized carbons (Fsp3) is 0.667. The summed E-state index contributed by atoms with van der Waals surface area (Å²) in [5.74, 6) is 0. The summed E-state index contributed by atoms with van der Waals surface area (Å²) in [6, 6.07) is 6.46. The van der Waals surface area contributed by atoms with Gasteiger partial charge in [-0.05, 0) is 38.0 Å². The van der Waals surface area contributed by atoms with Crippen molar-refractivity contribution in [2.24, 2.45) is 0 Å². The number of rotatable bonds is 11. The Labute approximate surface area is 146 Å². The molecule has 6 heteroatoms. The molecule has 138 valence electrons. The molecule has 0 aliphatic rings. The summed E-state index contributed by atoms with van der Waals surface area (Å²) in [6.07, 6.45) is 6.01. The van der Waals surface area contributed by atoms with Crippen LogP contribution in [-0.2, 0) is 10.1 Å². The largest absolute Gasteiger partial charge is 0.394 e. The van der Waals surface area contributed by atoms with Gasteiger partial charge < -0.3 is 10.0 Å². The lowest BCUT2D eigenvalue weighted by Gasteiger charge is -2.38. The quantitative estimate of drug-likeness (QED) is 0.588. The van der Waals surface area contributed by atoms with Crippen LogP contribution in [0.15, 0.2) is 29.2 Å². The van der Waals surface area contributed by atoms with Gasteiger partial charge in [0.15, 0.2) is 0 Å². The second kappa shape index (κ2) is 10.0. The van der Waals surface area contributed by atoms with E-state index in [1.54, 1.807) is 6.07 Å². The van der Waals surface area contributed by atoms with Crippen LogP contribution in [0.2, 0.25) is 0 Å². The minimum atomic E-state index is -4.24. The van der Waals surface area contributed by atoms with Gasteiger partial charge in [0.25, 0.3) is 10.1 Å². The molecule has 24 heavy (non-hydrogen) atoms. The molecule has 0 aliphatic carbocycles. The van der Waals surface area contributed by atoms with Gasteiger partial charge in [0.2, 0.25) is 0 Å². The van der Waals surface area contributed by atoms with Gasteiger partial charge in [-0.25, -0.2) is 0 Å². The Morgan fingerprint density at radius 3 is 2.29 bits per heavy atom. The van der Waals surface area contributed by atoms with Crippen LogP contribution in [-0.4, -0.2) is 36.8 Å². The van der Waals surface area contributed by atoms with E-state index < -0.39 is 10.1 Å². The smallest absolute Gasteiger partial charge is 0.294 e. The van der Waals surface area contributed by atoms with Crippen molar-refractivity contribution in [1.82, 2.24) is 0 Å². The number of unbranched alkanes of at least 4 members (excludes halogenated alkanes) is 2. The number of hydrogen-bond donors (Lipinski definition) is 2. The lowest BCUT2D eigenvalue weighted by atomic mass is 10.0. The molecule has 0 heterocycles. The van der Waals surface area contributed by atoms with Crippen molar-refractivity contribution in [2.45, 2.75) is 76.3 Å². The van der Waals surface area contributed by atoms with Crippen LogP contribution in [0.25, 0.3) is 0 Å². The van der Waals surface area contributed by atoms with E-state index in [0.717, 1.165) is 44.2 Å². The monoisotopic (exact) mass is 357 g/mol. The first-order valence-corrected chi connectivity index (χ1v) is 10.3. The molecule has 0 saturated heterocycles. The molecule has 0 radical (unpaired) electrons. The number of hydrogen-bond acceptors (Lipinski definition) is 4. The molecular formula is C18H31NO4S. The molecule has 0 spiro atoms. The van der Waals surface area contributed by atoms with E-state index in [9.17, 15) is 18.1 Å². The van der Waals surface area contributed by atoms with E-state index >= 15 is 0 Å². The topological polar surface area (TPSA) is 77.8 Å². The van der Waals surface area contributed by atoms with Crippen molar-refractivity contribution in [2.75, 3.05) is 11.5 Å². The second-order valence-electron chi connectivity index (χ2n) is 6.35. The van der Waals surface area contributed by atoms with Crippen LogP contribution in [0, 0.1) is 0 Å². The number of aliphatic hydroxyl groups is 1. The maximum absolute atomic E-state index is 11.4. The van der Waals surface area contributed by atoms with E-state index in [0.29, 0.717) is 0 Å². The standard InChI is InChI=1S/C18H31NO4S/c1-4-6-9-15(3)19(17(14-20)10-7-5-2)16-11-8-12-18(13-16)24(21,22)23/h8,11-13,15,17,20H,4-7,9-10,14H2,1-3H3,(H,21,22,23). The van der Waals surface area contributed by atoms with Crippen LogP contribution >= 0.6 is 0 Å². The van der Waals surface area contributed by atoms with Gasteiger partial charge in [0.1, 0.15) is 0 Å². The van der Waals surface area contributed by atoms with Crippen LogP contribution in [0.3, 0.4) is 0 Å². The van der Waals surface area contributed by atoms with E-state index in [2.05, 4.69) is 25.7 Å². The van der Waals surface area contributed by atoms with Gasteiger partial charge in [-0.2, -0.15) is 8.42 Å². The van der Waals surface area contributed by atoms with Crippen LogP contribution in [0.4, 0.5) is 5.69 Å². The number of benzene rings is 1. The average Bonchev–Trinajstić information content (AvgIpc) is 2.55. The molecule has 5 nitrogen and oxygen atoms in total. The van der Waals surface area contributed by atoms with E-state index in [1.807, 2.05) is 6.07 Å². The molecule has 1 rings (SSSR count). The van der Waals surface area contributed by atoms with Crippen molar-refractivity contribution in [1.29, 1.82) is 0 Å². The first-order valence-electron chi connectivity index (χ1n) is 8.81. The molecule has 0 fully saturated rings. The number of nitrogens with zero attached hydrogens (tertiary/aromatic N) is 1. The van der Waals surface area contributed by atoms with E-state index in [1.165, 1.54) is 12.1 Å². The third-order valence-corrected chi connectivity index (χ3v) is 5.21. The Morgan fingerprint density at radius 2 is 1.75 bits per heavy atom. The Kier molecular flexibility index (Phi) is 8.73. The zero-order valence-corrected chi connectivity index (χ0v) is 15.8. The molecule has 0 amide bonds. The first-order chi connectivity index (χ1) is 11.3. The summed E-state index contributed by atoms with van der Waals surface area (Å²) in [4.78, 5) is 2.00. The molecule has 0 saturated carbocycles. The summed E-state index contributed by atoms with van der Waals surface area (Å²) in [7, 11) is -4.24. The number of anilines is 1. The minimum absolute atomic E-state index is 0.0204. The SMILES string of the molecule is CCCCC(C)N(c1cccc(S(=O)(=O)O)c1)C(CO)CCCC. The maximum Gasteiger partial charge on any atom is 0.294 e. The van der Waals surface area contributed by atoms with Gasteiger partial charge >= 0.3 is 0 Å².